The van der Waals surface area contributed by atoms with Crippen molar-refractivity contribution >= 4 is 17.3 Å². The molecule has 1 fully saturated rings. The van der Waals surface area contributed by atoms with Crippen molar-refractivity contribution < 1.29 is 19.1 Å². The molecule has 0 N–H and O–H groups in total. The first-order chi connectivity index (χ1) is 7.16. The third kappa shape index (κ3) is 3.23. The Morgan fingerprint density at radius 2 is 2.20 bits per heavy atom. The van der Waals surface area contributed by atoms with Gasteiger partial charge >= 0.3 is 0 Å². The van der Waals surface area contributed by atoms with E-state index in [1.54, 1.807) is 0 Å². The molecule has 0 aliphatic heterocycles. The highest BCUT2D eigenvalue weighted by Gasteiger charge is 2.33. The van der Waals surface area contributed by atoms with Crippen LogP contribution in [0.4, 0.5) is 0 Å². The number of hydrogen-bond acceptors (Lipinski definition) is 4. The molecular weight excluding hydrogens is 196 g/mol. The summed E-state index contributed by atoms with van der Waals surface area (Å²) in [5, 5.41) is 0. The van der Waals surface area contributed by atoms with Crippen LogP contribution >= 0.6 is 0 Å². The Bertz CT molecular complexity index is 270. The maximum atomic E-state index is 11.6. The van der Waals surface area contributed by atoms with Crippen molar-refractivity contribution in [2.24, 2.45) is 5.92 Å². The second-order valence-electron chi connectivity index (χ2n) is 3.65. The fraction of sp³-hybridized carbons (Fsp3) is 0.727. The van der Waals surface area contributed by atoms with E-state index >= 15 is 0 Å². The highest BCUT2D eigenvalue weighted by Crippen LogP contribution is 2.20. The van der Waals surface area contributed by atoms with E-state index < -0.39 is 17.5 Å². The van der Waals surface area contributed by atoms with E-state index in [1.165, 1.54) is 0 Å². The standard InChI is InChI=1S/C11H16O4/c1-2-15-7-6-9(12)8-4-3-5-10(13)11(8)14/h8H,2-7H2,1H3. The zero-order chi connectivity index (χ0) is 11.3. The second-order valence-corrected chi connectivity index (χ2v) is 3.65. The van der Waals surface area contributed by atoms with Gasteiger partial charge in [-0.1, -0.05) is 0 Å². The maximum absolute atomic E-state index is 11.6. The molecule has 4 nitrogen and oxygen atoms in total. The molecular formula is C11H16O4. The lowest BCUT2D eigenvalue weighted by Gasteiger charge is -2.17. The average Bonchev–Trinajstić information content (AvgIpc) is 2.22. The highest BCUT2D eigenvalue weighted by molar-refractivity contribution is 6.41. The Labute approximate surface area is 89.0 Å². The zero-order valence-electron chi connectivity index (χ0n) is 8.95. The Kier molecular flexibility index (Phi) is 4.62. The molecule has 0 aromatic rings. The summed E-state index contributed by atoms with van der Waals surface area (Å²) in [6.07, 6.45) is 1.71. The molecule has 0 saturated heterocycles. The molecule has 1 aliphatic carbocycles. The topological polar surface area (TPSA) is 60.4 Å². The van der Waals surface area contributed by atoms with Gasteiger partial charge in [0, 0.05) is 19.4 Å². The van der Waals surface area contributed by atoms with Crippen LogP contribution < -0.4 is 0 Å². The summed E-state index contributed by atoms with van der Waals surface area (Å²) >= 11 is 0. The van der Waals surface area contributed by atoms with E-state index in [-0.39, 0.29) is 12.2 Å². The lowest BCUT2D eigenvalue weighted by Crippen LogP contribution is -2.34. The Hall–Kier alpha value is -1.03. The van der Waals surface area contributed by atoms with Crippen molar-refractivity contribution in [1.29, 1.82) is 0 Å². The summed E-state index contributed by atoms with van der Waals surface area (Å²) in [4.78, 5) is 34.1. The van der Waals surface area contributed by atoms with Crippen molar-refractivity contribution in [2.75, 3.05) is 13.2 Å². The lowest BCUT2D eigenvalue weighted by atomic mass is 9.83. The van der Waals surface area contributed by atoms with Gasteiger partial charge < -0.3 is 4.74 Å². The number of carbonyl (C=O) groups is 3. The maximum Gasteiger partial charge on any atom is 0.208 e. The molecule has 0 aromatic carbocycles. The third-order valence-corrected chi connectivity index (χ3v) is 2.57. The smallest absolute Gasteiger partial charge is 0.208 e. The van der Waals surface area contributed by atoms with Crippen LogP contribution in [0, 0.1) is 5.92 Å². The first-order valence-corrected chi connectivity index (χ1v) is 5.34. The fourth-order valence-electron chi connectivity index (χ4n) is 1.71. The van der Waals surface area contributed by atoms with E-state index in [9.17, 15) is 14.4 Å². The molecule has 1 unspecified atom stereocenters. The van der Waals surface area contributed by atoms with Gasteiger partial charge in [-0.25, -0.2) is 0 Å². The molecule has 1 atom stereocenters. The highest BCUT2D eigenvalue weighted by atomic mass is 16.5. The van der Waals surface area contributed by atoms with Gasteiger partial charge in [0.2, 0.25) is 5.78 Å². The van der Waals surface area contributed by atoms with Gasteiger partial charge in [0.25, 0.3) is 0 Å². The summed E-state index contributed by atoms with van der Waals surface area (Å²) in [7, 11) is 0. The average molecular weight is 212 g/mol. The normalized spacial score (nSPS) is 21.8. The molecule has 0 radical (unpaired) electrons. The van der Waals surface area contributed by atoms with Crippen LogP contribution in [0.1, 0.15) is 32.6 Å². The zero-order valence-corrected chi connectivity index (χ0v) is 8.95. The first kappa shape index (κ1) is 12.0. The van der Waals surface area contributed by atoms with E-state index in [0.29, 0.717) is 32.5 Å². The number of rotatable bonds is 5. The van der Waals surface area contributed by atoms with Crippen molar-refractivity contribution in [1.82, 2.24) is 0 Å². The number of hydrogen-bond donors (Lipinski definition) is 0. The summed E-state index contributed by atoms with van der Waals surface area (Å²) in [5.74, 6) is -1.73. The number of ketones is 3. The molecule has 84 valence electrons. The molecule has 0 aromatic heterocycles. The molecule has 0 bridgehead atoms. The molecule has 0 amide bonds. The van der Waals surface area contributed by atoms with Crippen LogP contribution in [-0.2, 0) is 19.1 Å². The largest absolute Gasteiger partial charge is 0.381 e. The van der Waals surface area contributed by atoms with Crippen molar-refractivity contribution in [3.8, 4) is 0 Å². The summed E-state index contributed by atoms with van der Waals surface area (Å²) < 4.78 is 5.04. The molecule has 1 rings (SSSR count). The number of ether oxygens (including phenoxy) is 1. The molecule has 4 heteroatoms. The van der Waals surface area contributed by atoms with Gasteiger partial charge in [-0.3, -0.25) is 14.4 Å². The summed E-state index contributed by atoms with van der Waals surface area (Å²) in [5.41, 5.74) is 0. The molecule has 0 heterocycles. The van der Waals surface area contributed by atoms with Gasteiger partial charge in [0.1, 0.15) is 5.78 Å². The minimum Gasteiger partial charge on any atom is -0.381 e. The minimum atomic E-state index is -0.688. The fourth-order valence-corrected chi connectivity index (χ4v) is 1.71. The summed E-state index contributed by atoms with van der Waals surface area (Å²) in [6, 6.07) is 0. The molecule has 1 aliphatic rings. The van der Waals surface area contributed by atoms with Gasteiger partial charge in [-0.15, -0.1) is 0 Å². The lowest BCUT2D eigenvalue weighted by molar-refractivity contribution is -0.145. The minimum absolute atomic E-state index is 0.151. The SMILES string of the molecule is CCOCCC(=O)C1CCCC(=O)C1=O. The monoisotopic (exact) mass is 212 g/mol. The van der Waals surface area contributed by atoms with E-state index in [4.69, 9.17) is 4.74 Å². The van der Waals surface area contributed by atoms with Crippen molar-refractivity contribution in [3.05, 3.63) is 0 Å². The quantitative estimate of drug-likeness (QED) is 0.386. The van der Waals surface area contributed by atoms with E-state index in [0.717, 1.165) is 0 Å². The third-order valence-electron chi connectivity index (χ3n) is 2.57. The van der Waals surface area contributed by atoms with Crippen LogP contribution in [0.15, 0.2) is 0 Å². The van der Waals surface area contributed by atoms with Gasteiger partial charge in [0.05, 0.1) is 12.5 Å². The molecule has 15 heavy (non-hydrogen) atoms. The second kappa shape index (κ2) is 5.75. The summed E-state index contributed by atoms with van der Waals surface area (Å²) in [6.45, 7) is 2.75. The van der Waals surface area contributed by atoms with Crippen molar-refractivity contribution in [3.63, 3.8) is 0 Å². The van der Waals surface area contributed by atoms with Crippen molar-refractivity contribution in [2.45, 2.75) is 32.6 Å². The first-order valence-electron chi connectivity index (χ1n) is 5.34. The molecule has 0 spiro atoms. The van der Waals surface area contributed by atoms with Crippen LogP contribution in [0.5, 0.6) is 0 Å². The van der Waals surface area contributed by atoms with E-state index in [1.807, 2.05) is 6.92 Å². The predicted octanol–water partition coefficient (Wildman–Crippen LogP) is 0.920. The number of Topliss-reactive ketones (excluding diaryl/α,β-unsaturated/α-hetero) is 3. The van der Waals surface area contributed by atoms with Crippen LogP contribution in [0.3, 0.4) is 0 Å². The van der Waals surface area contributed by atoms with E-state index in [2.05, 4.69) is 0 Å². The van der Waals surface area contributed by atoms with Gasteiger partial charge in [0.15, 0.2) is 5.78 Å². The van der Waals surface area contributed by atoms with Crippen LogP contribution in [-0.4, -0.2) is 30.6 Å². The van der Waals surface area contributed by atoms with Gasteiger partial charge in [-0.05, 0) is 19.8 Å². The van der Waals surface area contributed by atoms with Gasteiger partial charge in [-0.2, -0.15) is 0 Å². The molecule has 1 saturated carbocycles. The Morgan fingerprint density at radius 1 is 1.47 bits per heavy atom. The Balaban J connectivity index is 2.44. The number of carbonyl (C=O) groups excluding carboxylic acids is 3. The van der Waals surface area contributed by atoms with Crippen LogP contribution in [0.25, 0.3) is 0 Å². The Morgan fingerprint density at radius 3 is 2.87 bits per heavy atom. The van der Waals surface area contributed by atoms with Crippen LogP contribution in [0.2, 0.25) is 0 Å². The predicted molar refractivity (Wildman–Crippen MR) is 53.5 cm³/mol.